The Morgan fingerprint density at radius 1 is 1.06 bits per heavy atom. The lowest BCUT2D eigenvalue weighted by molar-refractivity contribution is -0.210. The Morgan fingerprint density at radius 2 is 1.77 bits per heavy atom. The standard InChI is InChI=1S/C26H27ClF3N3O2/c1-15(2)12-17-6-5-7-18(13-17)22-31-23(33-24(35)32-22)19-14-16(8-10-20(19)27)9-11-21(34)25(3,4)26(28,29)30/h5-8,10,13-15H,9,11-12H2,1-4H3,(H,31,32,33,35). The van der Waals surface area contributed by atoms with Gasteiger partial charge >= 0.3 is 11.9 Å². The molecular formula is C26H27ClF3N3O2. The molecule has 0 saturated heterocycles. The molecule has 0 aliphatic rings. The fraction of sp³-hybridized carbons (Fsp3) is 0.385. The number of ketones is 1. The van der Waals surface area contributed by atoms with E-state index in [1.54, 1.807) is 18.2 Å². The second kappa shape index (κ2) is 10.3. The van der Waals surface area contributed by atoms with Crippen molar-refractivity contribution >= 4 is 17.4 Å². The quantitative estimate of drug-likeness (QED) is 0.382. The van der Waals surface area contributed by atoms with Crippen LogP contribution in [0.1, 0.15) is 45.2 Å². The number of H-pyrrole nitrogens is 1. The maximum Gasteiger partial charge on any atom is 0.400 e. The van der Waals surface area contributed by atoms with Crippen LogP contribution in [0.25, 0.3) is 22.8 Å². The number of aromatic amines is 1. The lowest BCUT2D eigenvalue weighted by atomic mass is 9.84. The second-order valence-corrected chi connectivity index (χ2v) is 9.89. The van der Waals surface area contributed by atoms with Crippen molar-refractivity contribution in [2.75, 3.05) is 0 Å². The zero-order valence-corrected chi connectivity index (χ0v) is 20.7. The Labute approximate surface area is 206 Å². The number of nitrogens with zero attached hydrogens (tertiary/aromatic N) is 2. The number of Topliss-reactive ketones (excluding diaryl/α,β-unsaturated/α-hetero) is 1. The summed E-state index contributed by atoms with van der Waals surface area (Å²) in [5.74, 6) is -0.0301. The van der Waals surface area contributed by atoms with Crippen molar-refractivity contribution < 1.29 is 18.0 Å². The van der Waals surface area contributed by atoms with Crippen LogP contribution in [-0.4, -0.2) is 26.9 Å². The van der Waals surface area contributed by atoms with Gasteiger partial charge in [-0.3, -0.25) is 9.78 Å². The van der Waals surface area contributed by atoms with E-state index in [2.05, 4.69) is 28.8 Å². The third kappa shape index (κ3) is 6.36. The Kier molecular flexibility index (Phi) is 7.84. The number of aryl methyl sites for hydroxylation is 1. The van der Waals surface area contributed by atoms with E-state index in [1.807, 2.05) is 24.3 Å². The van der Waals surface area contributed by atoms with Crippen LogP contribution in [0.3, 0.4) is 0 Å². The van der Waals surface area contributed by atoms with Gasteiger partial charge in [0.2, 0.25) is 0 Å². The summed E-state index contributed by atoms with van der Waals surface area (Å²) in [5.41, 5.74) is -0.277. The van der Waals surface area contributed by atoms with E-state index < -0.39 is 23.1 Å². The summed E-state index contributed by atoms with van der Waals surface area (Å²) in [4.78, 5) is 35.6. The predicted molar refractivity (Wildman–Crippen MR) is 130 cm³/mol. The van der Waals surface area contributed by atoms with Gasteiger partial charge in [0, 0.05) is 17.5 Å². The Morgan fingerprint density at radius 3 is 2.43 bits per heavy atom. The molecule has 0 spiro atoms. The molecule has 0 aliphatic carbocycles. The van der Waals surface area contributed by atoms with E-state index in [0.717, 1.165) is 25.8 Å². The molecule has 3 rings (SSSR count). The maximum absolute atomic E-state index is 13.2. The molecule has 2 aromatic carbocycles. The van der Waals surface area contributed by atoms with E-state index >= 15 is 0 Å². The van der Waals surface area contributed by atoms with Gasteiger partial charge in [0.25, 0.3) is 0 Å². The van der Waals surface area contributed by atoms with Gasteiger partial charge in [0.15, 0.2) is 5.82 Å². The van der Waals surface area contributed by atoms with Gasteiger partial charge in [-0.15, -0.1) is 0 Å². The number of carbonyl (C=O) groups is 1. The van der Waals surface area contributed by atoms with Crippen LogP contribution in [0.4, 0.5) is 13.2 Å². The Balaban J connectivity index is 1.91. The van der Waals surface area contributed by atoms with Crippen LogP contribution < -0.4 is 5.69 Å². The molecule has 0 atom stereocenters. The third-order valence-corrected chi connectivity index (χ3v) is 6.14. The summed E-state index contributed by atoms with van der Waals surface area (Å²) < 4.78 is 39.5. The summed E-state index contributed by atoms with van der Waals surface area (Å²) in [6.45, 7) is 5.99. The van der Waals surface area contributed by atoms with Crippen molar-refractivity contribution in [3.8, 4) is 22.8 Å². The van der Waals surface area contributed by atoms with Crippen molar-refractivity contribution in [2.45, 2.75) is 53.1 Å². The van der Waals surface area contributed by atoms with Gasteiger partial charge in [-0.1, -0.05) is 49.7 Å². The fourth-order valence-corrected chi connectivity index (χ4v) is 3.79. The third-order valence-electron chi connectivity index (χ3n) is 5.81. The minimum absolute atomic E-state index is 0.0853. The molecular weight excluding hydrogens is 479 g/mol. The number of benzene rings is 2. The first-order chi connectivity index (χ1) is 16.3. The van der Waals surface area contributed by atoms with Crippen LogP contribution in [-0.2, 0) is 17.6 Å². The number of nitrogens with one attached hydrogen (secondary N) is 1. The molecule has 0 unspecified atom stereocenters. The first-order valence-electron chi connectivity index (χ1n) is 11.2. The van der Waals surface area contributed by atoms with Crippen molar-refractivity contribution in [1.82, 2.24) is 15.0 Å². The summed E-state index contributed by atoms with van der Waals surface area (Å²) in [6, 6.07) is 12.4. The molecule has 3 aromatic rings. The van der Waals surface area contributed by atoms with E-state index in [9.17, 15) is 22.8 Å². The van der Waals surface area contributed by atoms with Crippen molar-refractivity contribution in [2.24, 2.45) is 11.3 Å². The van der Waals surface area contributed by atoms with Crippen LogP contribution in [0.5, 0.6) is 0 Å². The van der Waals surface area contributed by atoms with E-state index in [0.29, 0.717) is 27.6 Å². The highest BCUT2D eigenvalue weighted by Crippen LogP contribution is 2.39. The monoisotopic (exact) mass is 505 g/mol. The number of alkyl halides is 3. The van der Waals surface area contributed by atoms with Gasteiger partial charge in [-0.2, -0.15) is 18.2 Å². The molecule has 0 fully saturated rings. The molecule has 9 heteroatoms. The summed E-state index contributed by atoms with van der Waals surface area (Å²) in [5, 5.41) is 0.296. The Bertz CT molecular complexity index is 1280. The lowest BCUT2D eigenvalue weighted by Crippen LogP contribution is -2.39. The fourth-order valence-electron chi connectivity index (χ4n) is 3.59. The van der Waals surface area contributed by atoms with Gasteiger partial charge in [-0.25, -0.2) is 9.78 Å². The molecule has 0 amide bonds. The predicted octanol–water partition coefficient (Wildman–Crippen LogP) is 6.44. The van der Waals surface area contributed by atoms with Gasteiger partial charge in [0.1, 0.15) is 17.0 Å². The van der Waals surface area contributed by atoms with Gasteiger partial charge in [-0.05, 0) is 61.9 Å². The maximum atomic E-state index is 13.2. The summed E-state index contributed by atoms with van der Waals surface area (Å²) in [7, 11) is 0. The summed E-state index contributed by atoms with van der Waals surface area (Å²) in [6.07, 6.45) is -3.97. The van der Waals surface area contributed by atoms with Gasteiger partial charge in [0.05, 0.1) is 5.02 Å². The molecule has 186 valence electrons. The van der Waals surface area contributed by atoms with Crippen molar-refractivity contribution in [3.63, 3.8) is 0 Å². The highest BCUT2D eigenvalue weighted by Gasteiger charge is 2.51. The lowest BCUT2D eigenvalue weighted by Gasteiger charge is -2.26. The minimum atomic E-state index is -4.63. The molecule has 0 aliphatic heterocycles. The number of hydrogen-bond donors (Lipinski definition) is 1. The van der Waals surface area contributed by atoms with E-state index in [-0.39, 0.29) is 24.5 Å². The number of hydrogen-bond acceptors (Lipinski definition) is 4. The van der Waals surface area contributed by atoms with Crippen LogP contribution in [0.15, 0.2) is 47.3 Å². The first kappa shape index (κ1) is 26.6. The minimum Gasteiger partial charge on any atom is -0.299 e. The van der Waals surface area contributed by atoms with Crippen LogP contribution in [0.2, 0.25) is 5.02 Å². The zero-order valence-electron chi connectivity index (χ0n) is 20.0. The zero-order chi connectivity index (χ0) is 26.0. The highest BCUT2D eigenvalue weighted by atomic mass is 35.5. The molecule has 35 heavy (non-hydrogen) atoms. The average Bonchev–Trinajstić information content (AvgIpc) is 2.76. The molecule has 1 heterocycles. The number of rotatable bonds is 8. The Hall–Kier alpha value is -3.00. The molecule has 0 radical (unpaired) electrons. The first-order valence-corrected chi connectivity index (χ1v) is 11.6. The summed E-state index contributed by atoms with van der Waals surface area (Å²) >= 11 is 6.36. The number of halogens is 4. The molecule has 0 bridgehead atoms. The molecule has 5 nitrogen and oxygen atoms in total. The molecule has 0 saturated carbocycles. The van der Waals surface area contributed by atoms with Crippen molar-refractivity contribution in [1.29, 1.82) is 0 Å². The van der Waals surface area contributed by atoms with Crippen LogP contribution in [0, 0.1) is 11.3 Å². The topological polar surface area (TPSA) is 75.7 Å². The van der Waals surface area contributed by atoms with Gasteiger partial charge < -0.3 is 0 Å². The molecule has 1 aromatic heterocycles. The number of aromatic nitrogens is 3. The highest BCUT2D eigenvalue weighted by molar-refractivity contribution is 6.33. The molecule has 1 N–H and O–H groups in total. The van der Waals surface area contributed by atoms with Crippen molar-refractivity contribution in [3.05, 3.63) is 69.1 Å². The largest absolute Gasteiger partial charge is 0.400 e. The number of carbonyl (C=O) groups excluding carboxylic acids is 1. The second-order valence-electron chi connectivity index (χ2n) is 9.48. The smallest absolute Gasteiger partial charge is 0.299 e. The van der Waals surface area contributed by atoms with E-state index in [1.165, 1.54) is 0 Å². The van der Waals surface area contributed by atoms with E-state index in [4.69, 9.17) is 11.6 Å². The SMILES string of the molecule is CC(C)Cc1cccc(-c2nc(-c3cc(CCC(=O)C(C)(C)C(F)(F)F)ccc3Cl)[nH]c(=O)n2)c1. The average molecular weight is 506 g/mol. The van der Waals surface area contributed by atoms with Crippen LogP contribution >= 0.6 is 11.6 Å². The normalized spacial score (nSPS) is 12.3.